The molecule has 4 N–H and O–H groups in total. The van der Waals surface area contributed by atoms with Crippen molar-refractivity contribution in [1.29, 1.82) is 0 Å². The monoisotopic (exact) mass is 390 g/mol. The van der Waals surface area contributed by atoms with Gasteiger partial charge in [0.25, 0.3) is 5.91 Å². The van der Waals surface area contributed by atoms with Crippen LogP contribution in [0.5, 0.6) is 0 Å². The number of nitrogens with zero attached hydrogens (tertiary/aromatic N) is 1. The lowest BCUT2D eigenvalue weighted by molar-refractivity contribution is -0.136. The Morgan fingerprint density at radius 1 is 1.29 bits per heavy atom. The molecule has 2 heterocycles. The molecule has 1 unspecified atom stereocenters. The number of nitrogens with two attached hydrogens (primary N) is 1. The summed E-state index contributed by atoms with van der Waals surface area (Å²) in [7, 11) is 0. The second kappa shape index (κ2) is 9.14. The number of carbonyl (C=O) groups is 3. The lowest BCUT2D eigenvalue weighted by atomic mass is 9.93. The number of piperidine rings is 2. The van der Waals surface area contributed by atoms with Gasteiger partial charge in [0.05, 0.1) is 5.57 Å². The first-order valence-corrected chi connectivity index (χ1v) is 9.84. The SMILES string of the molecule is NCCC1CCN(C2=CC(F)=C(C(=O)NC3CCC(=O)NC3=O)C=CC2)CC1. The number of carbonyl (C=O) groups excluding carboxylic acids is 3. The van der Waals surface area contributed by atoms with Gasteiger partial charge < -0.3 is 16.0 Å². The molecule has 7 nitrogen and oxygen atoms in total. The molecule has 2 saturated heterocycles. The molecule has 28 heavy (non-hydrogen) atoms. The van der Waals surface area contributed by atoms with Crippen molar-refractivity contribution >= 4 is 17.7 Å². The van der Waals surface area contributed by atoms with Crippen LogP contribution in [0.25, 0.3) is 0 Å². The Bertz CT molecular complexity index is 736. The topological polar surface area (TPSA) is 105 Å². The van der Waals surface area contributed by atoms with Crippen LogP contribution in [0, 0.1) is 5.92 Å². The zero-order chi connectivity index (χ0) is 20.1. The van der Waals surface area contributed by atoms with E-state index in [4.69, 9.17) is 5.73 Å². The zero-order valence-electron chi connectivity index (χ0n) is 15.9. The van der Waals surface area contributed by atoms with Crippen LogP contribution in [0.3, 0.4) is 0 Å². The summed E-state index contributed by atoms with van der Waals surface area (Å²) in [4.78, 5) is 37.6. The third-order valence-electron chi connectivity index (χ3n) is 5.55. The van der Waals surface area contributed by atoms with Crippen molar-refractivity contribution in [2.45, 2.75) is 44.6 Å². The fourth-order valence-corrected chi connectivity index (χ4v) is 3.88. The summed E-state index contributed by atoms with van der Waals surface area (Å²) >= 11 is 0. The molecule has 2 fully saturated rings. The number of halogens is 1. The highest BCUT2D eigenvalue weighted by atomic mass is 19.1. The van der Waals surface area contributed by atoms with E-state index < -0.39 is 23.7 Å². The minimum Gasteiger partial charge on any atom is -0.374 e. The Labute approximate surface area is 163 Å². The van der Waals surface area contributed by atoms with Crippen LogP contribution in [-0.2, 0) is 14.4 Å². The van der Waals surface area contributed by atoms with E-state index in [9.17, 15) is 18.8 Å². The largest absolute Gasteiger partial charge is 0.374 e. The standard InChI is InChI=1S/C20H27FN4O3/c21-16-12-14(25-10-7-13(6-9-22)8-11-25)2-1-3-15(16)19(27)23-17-4-5-18(26)24-20(17)28/h1,3,12-13,17H,2,4-11,22H2,(H,23,27)(H,24,26,28). The van der Waals surface area contributed by atoms with Crippen LogP contribution < -0.4 is 16.4 Å². The molecular formula is C20H27FN4O3. The Morgan fingerprint density at radius 2 is 2.04 bits per heavy atom. The van der Waals surface area contributed by atoms with E-state index in [0.29, 0.717) is 18.9 Å². The average molecular weight is 390 g/mol. The maximum Gasteiger partial charge on any atom is 0.254 e. The van der Waals surface area contributed by atoms with Crippen molar-refractivity contribution in [1.82, 2.24) is 15.5 Å². The molecule has 0 aromatic rings. The Kier molecular flexibility index (Phi) is 6.61. The number of likely N-dealkylation sites (tertiary alicyclic amines) is 1. The van der Waals surface area contributed by atoms with Gasteiger partial charge in [-0.15, -0.1) is 0 Å². The van der Waals surface area contributed by atoms with Crippen molar-refractivity contribution in [3.8, 4) is 0 Å². The molecule has 3 aliphatic rings. The van der Waals surface area contributed by atoms with Crippen LogP contribution in [0.2, 0.25) is 0 Å². The van der Waals surface area contributed by atoms with Crippen molar-refractivity contribution < 1.29 is 18.8 Å². The summed E-state index contributed by atoms with van der Waals surface area (Å²) in [5.74, 6) is -1.56. The zero-order valence-corrected chi connectivity index (χ0v) is 15.9. The highest BCUT2D eigenvalue weighted by Gasteiger charge is 2.29. The summed E-state index contributed by atoms with van der Waals surface area (Å²) < 4.78 is 14.8. The smallest absolute Gasteiger partial charge is 0.254 e. The van der Waals surface area contributed by atoms with Crippen molar-refractivity contribution in [3.63, 3.8) is 0 Å². The fourth-order valence-electron chi connectivity index (χ4n) is 3.88. The molecular weight excluding hydrogens is 363 g/mol. The minimum atomic E-state index is -0.827. The molecule has 0 bridgehead atoms. The minimum absolute atomic E-state index is 0.0993. The molecule has 3 rings (SSSR count). The molecule has 0 aromatic carbocycles. The van der Waals surface area contributed by atoms with Gasteiger partial charge >= 0.3 is 0 Å². The van der Waals surface area contributed by atoms with Gasteiger partial charge in [-0.1, -0.05) is 12.2 Å². The predicted octanol–water partition coefficient (Wildman–Crippen LogP) is 1.04. The third kappa shape index (κ3) is 4.86. The quantitative estimate of drug-likeness (QED) is 0.609. The van der Waals surface area contributed by atoms with Gasteiger partial charge in [-0.05, 0) is 44.2 Å². The molecule has 8 heteroatoms. The van der Waals surface area contributed by atoms with Crippen LogP contribution in [-0.4, -0.2) is 48.3 Å². The normalized spacial score (nSPS) is 24.0. The summed E-state index contributed by atoms with van der Waals surface area (Å²) in [6, 6.07) is -0.827. The highest BCUT2D eigenvalue weighted by Crippen LogP contribution is 2.27. The maximum atomic E-state index is 14.8. The van der Waals surface area contributed by atoms with E-state index in [0.717, 1.165) is 38.0 Å². The maximum absolute atomic E-state index is 14.8. The summed E-state index contributed by atoms with van der Waals surface area (Å²) in [5.41, 5.74) is 6.38. The van der Waals surface area contributed by atoms with Crippen LogP contribution >= 0.6 is 0 Å². The Morgan fingerprint density at radius 3 is 2.71 bits per heavy atom. The van der Waals surface area contributed by atoms with Crippen LogP contribution in [0.4, 0.5) is 4.39 Å². The van der Waals surface area contributed by atoms with Crippen molar-refractivity contribution in [2.75, 3.05) is 19.6 Å². The average Bonchev–Trinajstić information content (AvgIpc) is 2.86. The van der Waals surface area contributed by atoms with Crippen molar-refractivity contribution in [2.24, 2.45) is 11.7 Å². The van der Waals surface area contributed by atoms with E-state index in [2.05, 4.69) is 15.5 Å². The first kappa shape index (κ1) is 20.3. The second-order valence-corrected chi connectivity index (χ2v) is 7.49. The van der Waals surface area contributed by atoms with Gasteiger partial charge in [0.15, 0.2) is 0 Å². The number of rotatable bonds is 5. The summed E-state index contributed by atoms with van der Waals surface area (Å²) in [6.45, 7) is 2.41. The number of amides is 3. The van der Waals surface area contributed by atoms with Gasteiger partial charge in [0.1, 0.15) is 11.9 Å². The summed E-state index contributed by atoms with van der Waals surface area (Å²) in [6.07, 6.45) is 8.65. The lowest BCUT2D eigenvalue weighted by Gasteiger charge is -2.34. The van der Waals surface area contributed by atoms with E-state index in [-0.39, 0.29) is 24.3 Å². The third-order valence-corrected chi connectivity index (χ3v) is 5.55. The Balaban J connectivity index is 1.65. The highest BCUT2D eigenvalue weighted by molar-refractivity contribution is 6.04. The molecule has 1 aliphatic carbocycles. The molecule has 0 aromatic heterocycles. The number of hydrogen-bond donors (Lipinski definition) is 3. The number of nitrogens with one attached hydrogen (secondary N) is 2. The molecule has 0 spiro atoms. The number of allylic oxidation sites excluding steroid dienone is 3. The molecule has 0 saturated carbocycles. The van der Waals surface area contributed by atoms with Crippen molar-refractivity contribution in [3.05, 3.63) is 35.3 Å². The van der Waals surface area contributed by atoms with Gasteiger partial charge in [0, 0.05) is 31.6 Å². The molecule has 3 amide bonds. The van der Waals surface area contributed by atoms with Gasteiger partial charge in [-0.2, -0.15) is 0 Å². The second-order valence-electron chi connectivity index (χ2n) is 7.49. The first-order valence-electron chi connectivity index (χ1n) is 9.84. The Hall–Kier alpha value is -2.48. The van der Waals surface area contributed by atoms with Gasteiger partial charge in [-0.3, -0.25) is 19.7 Å². The molecule has 2 aliphatic heterocycles. The van der Waals surface area contributed by atoms with Gasteiger partial charge in [0.2, 0.25) is 11.8 Å². The summed E-state index contributed by atoms with van der Waals surface area (Å²) in [5, 5.41) is 4.70. The molecule has 152 valence electrons. The molecule has 1 atom stereocenters. The predicted molar refractivity (Wildman–Crippen MR) is 102 cm³/mol. The lowest BCUT2D eigenvalue weighted by Crippen LogP contribution is -2.52. The molecule has 0 radical (unpaired) electrons. The van der Waals surface area contributed by atoms with E-state index in [1.54, 1.807) is 6.08 Å². The van der Waals surface area contributed by atoms with E-state index in [1.165, 1.54) is 12.2 Å². The number of hydrogen-bond acceptors (Lipinski definition) is 5. The van der Waals surface area contributed by atoms with Crippen LogP contribution in [0.15, 0.2) is 35.3 Å². The number of imide groups is 1. The van der Waals surface area contributed by atoms with Crippen LogP contribution in [0.1, 0.15) is 38.5 Å². The van der Waals surface area contributed by atoms with Gasteiger partial charge in [-0.25, -0.2) is 4.39 Å². The fraction of sp³-hybridized carbons (Fsp3) is 0.550. The first-order chi connectivity index (χ1) is 13.5. The van der Waals surface area contributed by atoms with E-state index >= 15 is 0 Å². The van der Waals surface area contributed by atoms with E-state index in [1.807, 2.05) is 0 Å².